The molecule has 0 fully saturated rings. The maximum absolute atomic E-state index is 11.2. The SMILES string of the molecule is O=C1NC(=O)c2c(Br)cc([N+](=O)[O-])cc21. The van der Waals surface area contributed by atoms with Gasteiger partial charge in [0.2, 0.25) is 0 Å². The summed E-state index contributed by atoms with van der Waals surface area (Å²) in [5.41, 5.74) is -0.0582. The van der Waals surface area contributed by atoms with Gasteiger partial charge in [0.05, 0.1) is 16.1 Å². The second-order valence-corrected chi connectivity index (χ2v) is 3.74. The predicted octanol–water partition coefficient (Wildman–Crippen LogP) is 1.24. The van der Waals surface area contributed by atoms with Gasteiger partial charge in [0.25, 0.3) is 17.5 Å². The normalized spacial score (nSPS) is 13.7. The summed E-state index contributed by atoms with van der Waals surface area (Å²) in [5, 5.41) is 12.6. The average Bonchev–Trinajstić information content (AvgIpc) is 2.42. The minimum Gasteiger partial charge on any atom is -0.288 e. The third-order valence-electron chi connectivity index (χ3n) is 1.98. The molecular weight excluding hydrogens is 268 g/mol. The first-order valence-electron chi connectivity index (χ1n) is 3.84. The van der Waals surface area contributed by atoms with Gasteiger partial charge in [-0.15, -0.1) is 0 Å². The Morgan fingerprint density at radius 1 is 1.27 bits per heavy atom. The molecule has 0 aliphatic carbocycles. The van der Waals surface area contributed by atoms with Gasteiger partial charge in [-0.25, -0.2) is 0 Å². The van der Waals surface area contributed by atoms with Gasteiger partial charge in [-0.3, -0.25) is 25.0 Å². The molecule has 7 heteroatoms. The lowest BCUT2D eigenvalue weighted by Crippen LogP contribution is -2.20. The predicted molar refractivity (Wildman–Crippen MR) is 52.6 cm³/mol. The minimum atomic E-state index is -0.624. The summed E-state index contributed by atoms with van der Waals surface area (Å²) >= 11 is 3.02. The number of nitrogens with one attached hydrogen (secondary N) is 1. The zero-order valence-electron chi connectivity index (χ0n) is 7.11. The highest BCUT2D eigenvalue weighted by Gasteiger charge is 2.31. The molecule has 1 N–H and O–H groups in total. The lowest BCUT2D eigenvalue weighted by molar-refractivity contribution is -0.384. The van der Waals surface area contributed by atoms with E-state index in [0.717, 1.165) is 6.07 Å². The number of nitrogens with zero attached hydrogens (tertiary/aromatic N) is 1. The van der Waals surface area contributed by atoms with Crippen LogP contribution >= 0.6 is 15.9 Å². The molecule has 1 aromatic rings. The molecular formula is C8H3BrN2O4. The largest absolute Gasteiger partial charge is 0.288 e. The fourth-order valence-electron chi connectivity index (χ4n) is 1.34. The van der Waals surface area contributed by atoms with Crippen molar-refractivity contribution in [3.8, 4) is 0 Å². The molecule has 0 unspecified atom stereocenters. The van der Waals surface area contributed by atoms with E-state index in [9.17, 15) is 19.7 Å². The number of hydrogen-bond acceptors (Lipinski definition) is 4. The van der Waals surface area contributed by atoms with Gasteiger partial charge in [0, 0.05) is 16.6 Å². The van der Waals surface area contributed by atoms with E-state index in [-0.39, 0.29) is 21.3 Å². The molecule has 2 amide bonds. The fourth-order valence-corrected chi connectivity index (χ4v) is 1.97. The van der Waals surface area contributed by atoms with Crippen LogP contribution in [0.15, 0.2) is 16.6 Å². The molecule has 6 nitrogen and oxygen atoms in total. The maximum atomic E-state index is 11.2. The molecule has 15 heavy (non-hydrogen) atoms. The van der Waals surface area contributed by atoms with E-state index < -0.39 is 16.7 Å². The molecule has 1 heterocycles. The van der Waals surface area contributed by atoms with Crippen LogP contribution in [-0.2, 0) is 0 Å². The Kier molecular flexibility index (Phi) is 2.04. The van der Waals surface area contributed by atoms with Crippen molar-refractivity contribution in [2.75, 3.05) is 0 Å². The van der Waals surface area contributed by atoms with Crippen molar-refractivity contribution in [1.29, 1.82) is 0 Å². The Hall–Kier alpha value is -1.76. The van der Waals surface area contributed by atoms with Crippen LogP contribution in [0.5, 0.6) is 0 Å². The van der Waals surface area contributed by atoms with Gasteiger partial charge in [-0.2, -0.15) is 0 Å². The molecule has 1 aromatic carbocycles. The quantitative estimate of drug-likeness (QED) is 0.472. The van der Waals surface area contributed by atoms with Crippen LogP contribution in [0, 0.1) is 10.1 Å². The smallest absolute Gasteiger partial charge is 0.271 e. The Morgan fingerprint density at radius 3 is 2.53 bits per heavy atom. The first-order chi connectivity index (χ1) is 7.00. The Labute approximate surface area is 91.5 Å². The molecule has 76 valence electrons. The standard InChI is InChI=1S/C8H3BrN2O4/c9-5-2-3(11(14)15)1-4-6(5)8(13)10-7(4)12/h1-2H,(H,10,12,13). The molecule has 0 saturated carbocycles. The number of benzene rings is 1. The zero-order valence-corrected chi connectivity index (χ0v) is 8.70. The summed E-state index contributed by atoms with van der Waals surface area (Å²) in [6.07, 6.45) is 0. The van der Waals surface area contributed by atoms with E-state index in [0.29, 0.717) is 0 Å². The number of fused-ring (bicyclic) bond motifs is 1. The summed E-state index contributed by atoms with van der Waals surface area (Å²) in [6, 6.07) is 2.28. The summed E-state index contributed by atoms with van der Waals surface area (Å²) in [6.45, 7) is 0. The molecule has 1 aliphatic heterocycles. The lowest BCUT2D eigenvalue weighted by Gasteiger charge is -1.98. The minimum absolute atomic E-state index is 0.0288. The van der Waals surface area contributed by atoms with E-state index in [1.165, 1.54) is 6.07 Å². The monoisotopic (exact) mass is 270 g/mol. The molecule has 0 atom stereocenters. The second-order valence-electron chi connectivity index (χ2n) is 2.89. The fraction of sp³-hybridized carbons (Fsp3) is 0. The summed E-state index contributed by atoms with van der Waals surface area (Å²) in [7, 11) is 0. The number of rotatable bonds is 1. The number of hydrogen-bond donors (Lipinski definition) is 1. The van der Waals surface area contributed by atoms with Crippen molar-refractivity contribution >= 4 is 33.4 Å². The zero-order chi connectivity index (χ0) is 11.2. The second kappa shape index (κ2) is 3.13. The van der Waals surface area contributed by atoms with E-state index in [2.05, 4.69) is 21.2 Å². The van der Waals surface area contributed by atoms with Crippen LogP contribution < -0.4 is 5.32 Å². The van der Waals surface area contributed by atoms with Gasteiger partial charge in [-0.05, 0) is 15.9 Å². The van der Waals surface area contributed by atoms with Crippen molar-refractivity contribution in [2.24, 2.45) is 0 Å². The van der Waals surface area contributed by atoms with Crippen LogP contribution in [0.4, 0.5) is 5.69 Å². The first-order valence-corrected chi connectivity index (χ1v) is 4.63. The molecule has 0 spiro atoms. The lowest BCUT2D eigenvalue weighted by atomic mass is 10.1. The number of carbonyl (C=O) groups is 2. The Bertz CT molecular complexity index is 512. The number of halogens is 1. The average molecular weight is 271 g/mol. The van der Waals surface area contributed by atoms with E-state index in [1.807, 2.05) is 0 Å². The summed E-state index contributed by atoms with van der Waals surface area (Å²) in [4.78, 5) is 32.4. The van der Waals surface area contributed by atoms with E-state index in [1.54, 1.807) is 0 Å². The van der Waals surface area contributed by atoms with Crippen molar-refractivity contribution in [3.05, 3.63) is 37.8 Å². The van der Waals surface area contributed by atoms with E-state index >= 15 is 0 Å². The highest BCUT2D eigenvalue weighted by molar-refractivity contribution is 9.10. The van der Waals surface area contributed by atoms with E-state index in [4.69, 9.17) is 0 Å². The maximum Gasteiger partial charge on any atom is 0.271 e. The van der Waals surface area contributed by atoms with Crippen molar-refractivity contribution < 1.29 is 14.5 Å². The van der Waals surface area contributed by atoms with Gasteiger partial charge >= 0.3 is 0 Å². The third kappa shape index (κ3) is 1.40. The van der Waals surface area contributed by atoms with Crippen LogP contribution in [0.3, 0.4) is 0 Å². The van der Waals surface area contributed by atoms with Crippen molar-refractivity contribution in [1.82, 2.24) is 5.32 Å². The highest BCUT2D eigenvalue weighted by Crippen LogP contribution is 2.29. The molecule has 0 radical (unpaired) electrons. The Balaban J connectivity index is 2.71. The number of carbonyl (C=O) groups excluding carboxylic acids is 2. The molecule has 0 bridgehead atoms. The molecule has 2 rings (SSSR count). The van der Waals surface area contributed by atoms with Gasteiger partial charge in [-0.1, -0.05) is 0 Å². The van der Waals surface area contributed by atoms with Crippen LogP contribution in [0.2, 0.25) is 0 Å². The van der Waals surface area contributed by atoms with Crippen molar-refractivity contribution in [2.45, 2.75) is 0 Å². The molecule has 1 aliphatic rings. The van der Waals surface area contributed by atoms with Gasteiger partial charge < -0.3 is 0 Å². The van der Waals surface area contributed by atoms with Crippen molar-refractivity contribution in [3.63, 3.8) is 0 Å². The Morgan fingerprint density at radius 2 is 1.93 bits per heavy atom. The number of nitro benzene ring substituents is 1. The van der Waals surface area contributed by atoms with Gasteiger partial charge in [0.1, 0.15) is 0 Å². The van der Waals surface area contributed by atoms with Crippen LogP contribution in [0.1, 0.15) is 20.7 Å². The number of non-ortho nitro benzene ring substituents is 1. The van der Waals surface area contributed by atoms with Crippen LogP contribution in [-0.4, -0.2) is 16.7 Å². The highest BCUT2D eigenvalue weighted by atomic mass is 79.9. The number of nitro groups is 1. The van der Waals surface area contributed by atoms with Gasteiger partial charge in [0.15, 0.2) is 0 Å². The summed E-state index contributed by atoms with van der Waals surface area (Å²) in [5.74, 6) is -1.16. The topological polar surface area (TPSA) is 89.3 Å². The molecule has 0 saturated heterocycles. The third-order valence-corrected chi connectivity index (χ3v) is 2.61. The number of imide groups is 1. The summed E-state index contributed by atoms with van der Waals surface area (Å²) < 4.78 is 0.245. The first kappa shape index (κ1) is 9.78. The molecule has 0 aromatic heterocycles. The van der Waals surface area contributed by atoms with Crippen LogP contribution in [0.25, 0.3) is 0 Å². The number of amides is 2.